The molecule has 0 saturated carbocycles. The Morgan fingerprint density at radius 2 is 1.95 bits per heavy atom. The van der Waals surface area contributed by atoms with Gasteiger partial charge in [-0.15, -0.1) is 10.2 Å². The molecule has 0 aliphatic heterocycles. The molecule has 2 aromatic rings. The van der Waals surface area contributed by atoms with Crippen LogP contribution in [0.15, 0.2) is 30.3 Å². The molecule has 1 aromatic carbocycles. The van der Waals surface area contributed by atoms with E-state index in [1.165, 1.54) is 12.1 Å². The SMILES string of the molecule is CCCCOc1cc(F)ccc1-c1ccc(N(C)C)nn1. The fourth-order valence-electron chi connectivity index (χ4n) is 1.86. The summed E-state index contributed by atoms with van der Waals surface area (Å²) in [4.78, 5) is 1.88. The average molecular weight is 289 g/mol. The number of anilines is 1. The summed E-state index contributed by atoms with van der Waals surface area (Å²) in [5.74, 6) is 0.966. The Bertz CT molecular complexity index is 585. The van der Waals surface area contributed by atoms with Crippen LogP contribution in [0.5, 0.6) is 5.75 Å². The fraction of sp³-hybridized carbons (Fsp3) is 0.375. The van der Waals surface area contributed by atoms with E-state index in [1.807, 2.05) is 31.1 Å². The Morgan fingerprint density at radius 3 is 2.57 bits per heavy atom. The maximum Gasteiger partial charge on any atom is 0.150 e. The van der Waals surface area contributed by atoms with Crippen LogP contribution in [0.1, 0.15) is 19.8 Å². The predicted molar refractivity (Wildman–Crippen MR) is 82.2 cm³/mol. The van der Waals surface area contributed by atoms with E-state index in [4.69, 9.17) is 4.74 Å². The largest absolute Gasteiger partial charge is 0.493 e. The fourth-order valence-corrected chi connectivity index (χ4v) is 1.86. The molecule has 4 nitrogen and oxygen atoms in total. The monoisotopic (exact) mass is 289 g/mol. The number of halogens is 1. The number of unbranched alkanes of at least 4 members (excludes halogenated alkanes) is 1. The first-order chi connectivity index (χ1) is 10.1. The minimum absolute atomic E-state index is 0.317. The number of aromatic nitrogens is 2. The minimum Gasteiger partial charge on any atom is -0.493 e. The molecule has 0 N–H and O–H groups in total. The van der Waals surface area contributed by atoms with E-state index >= 15 is 0 Å². The van der Waals surface area contributed by atoms with Gasteiger partial charge in [-0.05, 0) is 30.7 Å². The highest BCUT2D eigenvalue weighted by molar-refractivity contribution is 5.67. The standard InChI is InChI=1S/C16H20FN3O/c1-4-5-10-21-15-11-12(17)6-7-13(15)14-8-9-16(19-18-14)20(2)3/h6-9,11H,4-5,10H2,1-3H3. The molecule has 0 spiro atoms. The highest BCUT2D eigenvalue weighted by Gasteiger charge is 2.10. The van der Waals surface area contributed by atoms with E-state index in [2.05, 4.69) is 17.1 Å². The van der Waals surface area contributed by atoms with Crippen molar-refractivity contribution in [2.24, 2.45) is 0 Å². The quantitative estimate of drug-likeness (QED) is 0.763. The highest BCUT2D eigenvalue weighted by atomic mass is 19.1. The normalized spacial score (nSPS) is 10.5. The Kier molecular flexibility index (Phi) is 5.09. The summed E-state index contributed by atoms with van der Waals surface area (Å²) >= 11 is 0. The van der Waals surface area contributed by atoms with Crippen molar-refractivity contribution in [3.05, 3.63) is 36.1 Å². The molecule has 0 unspecified atom stereocenters. The summed E-state index contributed by atoms with van der Waals surface area (Å²) in [5.41, 5.74) is 1.43. The van der Waals surface area contributed by atoms with Crippen molar-refractivity contribution in [1.29, 1.82) is 0 Å². The number of nitrogens with zero attached hydrogens (tertiary/aromatic N) is 3. The molecule has 112 valence electrons. The van der Waals surface area contributed by atoms with E-state index in [-0.39, 0.29) is 5.82 Å². The summed E-state index contributed by atoms with van der Waals surface area (Å²) in [5, 5.41) is 8.34. The van der Waals surface area contributed by atoms with Crippen LogP contribution in [0.4, 0.5) is 10.2 Å². The summed E-state index contributed by atoms with van der Waals surface area (Å²) < 4.78 is 19.1. The molecule has 0 bridgehead atoms. The number of rotatable bonds is 6. The van der Waals surface area contributed by atoms with Crippen LogP contribution in [0.25, 0.3) is 11.3 Å². The van der Waals surface area contributed by atoms with E-state index in [0.29, 0.717) is 18.1 Å². The lowest BCUT2D eigenvalue weighted by molar-refractivity contribution is 0.309. The maximum absolute atomic E-state index is 13.4. The summed E-state index contributed by atoms with van der Waals surface area (Å²) in [7, 11) is 3.81. The van der Waals surface area contributed by atoms with Crippen molar-refractivity contribution >= 4 is 5.82 Å². The third kappa shape index (κ3) is 3.90. The van der Waals surface area contributed by atoms with E-state index in [0.717, 1.165) is 24.2 Å². The van der Waals surface area contributed by atoms with Crippen molar-refractivity contribution in [3.8, 4) is 17.0 Å². The zero-order valence-corrected chi connectivity index (χ0v) is 12.6. The molecule has 5 heteroatoms. The first-order valence-electron chi connectivity index (χ1n) is 7.05. The molecule has 0 amide bonds. The second kappa shape index (κ2) is 7.02. The van der Waals surface area contributed by atoms with E-state index < -0.39 is 0 Å². The predicted octanol–water partition coefficient (Wildman–Crippen LogP) is 3.53. The van der Waals surface area contributed by atoms with Gasteiger partial charge in [-0.2, -0.15) is 0 Å². The van der Waals surface area contributed by atoms with Gasteiger partial charge in [0.05, 0.1) is 12.3 Å². The van der Waals surface area contributed by atoms with Gasteiger partial charge in [0.15, 0.2) is 5.82 Å². The summed E-state index contributed by atoms with van der Waals surface area (Å²) in [6, 6.07) is 8.22. The van der Waals surface area contributed by atoms with Gasteiger partial charge < -0.3 is 9.64 Å². The molecule has 0 atom stereocenters. The van der Waals surface area contributed by atoms with Crippen LogP contribution in [-0.4, -0.2) is 30.9 Å². The molecule has 0 saturated heterocycles. The Hall–Kier alpha value is -2.17. The Balaban J connectivity index is 2.29. The molecular weight excluding hydrogens is 269 g/mol. The number of hydrogen-bond donors (Lipinski definition) is 0. The van der Waals surface area contributed by atoms with E-state index in [1.54, 1.807) is 6.07 Å². The van der Waals surface area contributed by atoms with Gasteiger partial charge in [-0.1, -0.05) is 13.3 Å². The van der Waals surface area contributed by atoms with Crippen LogP contribution in [0.2, 0.25) is 0 Å². The van der Waals surface area contributed by atoms with Crippen molar-refractivity contribution in [2.75, 3.05) is 25.6 Å². The zero-order valence-electron chi connectivity index (χ0n) is 12.6. The summed E-state index contributed by atoms with van der Waals surface area (Å²) in [6.07, 6.45) is 1.96. The van der Waals surface area contributed by atoms with Gasteiger partial charge in [0.2, 0.25) is 0 Å². The van der Waals surface area contributed by atoms with Gasteiger partial charge in [-0.3, -0.25) is 0 Å². The van der Waals surface area contributed by atoms with Crippen LogP contribution in [0, 0.1) is 5.82 Å². The van der Waals surface area contributed by atoms with Crippen molar-refractivity contribution in [3.63, 3.8) is 0 Å². The molecule has 21 heavy (non-hydrogen) atoms. The molecular formula is C16H20FN3O. The Morgan fingerprint density at radius 1 is 1.14 bits per heavy atom. The highest BCUT2D eigenvalue weighted by Crippen LogP contribution is 2.29. The number of hydrogen-bond acceptors (Lipinski definition) is 4. The molecule has 1 aromatic heterocycles. The van der Waals surface area contributed by atoms with Gasteiger partial charge in [0.1, 0.15) is 11.6 Å². The lowest BCUT2D eigenvalue weighted by Crippen LogP contribution is -2.11. The molecule has 0 aliphatic carbocycles. The van der Waals surface area contributed by atoms with Gasteiger partial charge >= 0.3 is 0 Å². The van der Waals surface area contributed by atoms with Gasteiger partial charge in [-0.25, -0.2) is 4.39 Å². The second-order valence-electron chi connectivity index (χ2n) is 5.01. The van der Waals surface area contributed by atoms with Crippen LogP contribution in [0.3, 0.4) is 0 Å². The zero-order chi connectivity index (χ0) is 15.2. The van der Waals surface area contributed by atoms with Crippen molar-refractivity contribution in [2.45, 2.75) is 19.8 Å². The second-order valence-corrected chi connectivity index (χ2v) is 5.01. The smallest absolute Gasteiger partial charge is 0.150 e. The molecule has 1 heterocycles. The van der Waals surface area contributed by atoms with Crippen molar-refractivity contribution < 1.29 is 9.13 Å². The molecule has 0 aliphatic rings. The first-order valence-corrected chi connectivity index (χ1v) is 7.05. The van der Waals surface area contributed by atoms with Crippen molar-refractivity contribution in [1.82, 2.24) is 10.2 Å². The lowest BCUT2D eigenvalue weighted by Gasteiger charge is -2.13. The minimum atomic E-state index is -0.317. The van der Waals surface area contributed by atoms with Crippen LogP contribution in [-0.2, 0) is 0 Å². The van der Waals surface area contributed by atoms with Crippen LogP contribution < -0.4 is 9.64 Å². The summed E-state index contributed by atoms with van der Waals surface area (Å²) in [6.45, 7) is 2.65. The molecule has 2 rings (SSSR count). The average Bonchev–Trinajstić information content (AvgIpc) is 2.48. The topological polar surface area (TPSA) is 38.2 Å². The third-order valence-electron chi connectivity index (χ3n) is 3.08. The van der Waals surface area contributed by atoms with Gasteiger partial charge in [0, 0.05) is 25.7 Å². The van der Waals surface area contributed by atoms with Gasteiger partial charge in [0.25, 0.3) is 0 Å². The van der Waals surface area contributed by atoms with E-state index in [9.17, 15) is 4.39 Å². The first kappa shape index (κ1) is 15.2. The number of ether oxygens (including phenoxy) is 1. The third-order valence-corrected chi connectivity index (χ3v) is 3.08. The number of benzene rings is 1. The molecule has 0 radical (unpaired) electrons. The lowest BCUT2D eigenvalue weighted by atomic mass is 10.1. The molecule has 0 fully saturated rings. The maximum atomic E-state index is 13.4. The Labute approximate surface area is 124 Å². The van der Waals surface area contributed by atoms with Crippen LogP contribution >= 0.6 is 0 Å².